The molecular weight excluding hydrogens is 258 g/mol. The van der Waals surface area contributed by atoms with Crippen LogP contribution in [-0.2, 0) is 0 Å². The van der Waals surface area contributed by atoms with Gasteiger partial charge in [-0.1, -0.05) is 66.8 Å². The molecule has 0 heterocycles. The standard InChI is InChI=1S/C19H19NO/c1-2-9-18(15-14-16-10-5-3-6-11-16)20-19(21)17-12-7-4-8-13-17/h2-8,10-15,18H,1,9H2,(H,20,21)/b15-14+/t18-/m1/s1. The van der Waals surface area contributed by atoms with Crippen molar-refractivity contribution in [1.29, 1.82) is 0 Å². The lowest BCUT2D eigenvalue weighted by molar-refractivity contribution is 0.0945. The molecule has 0 aromatic heterocycles. The third kappa shape index (κ3) is 4.77. The molecule has 2 aromatic rings. The molecule has 106 valence electrons. The van der Waals surface area contributed by atoms with Crippen LogP contribution >= 0.6 is 0 Å². The Bertz CT molecular complexity index is 602. The largest absolute Gasteiger partial charge is 0.346 e. The number of carbonyl (C=O) groups excluding carboxylic acids is 1. The van der Waals surface area contributed by atoms with Crippen LogP contribution in [-0.4, -0.2) is 11.9 Å². The molecule has 0 spiro atoms. The fourth-order valence-corrected chi connectivity index (χ4v) is 2.00. The topological polar surface area (TPSA) is 29.1 Å². The van der Waals surface area contributed by atoms with Crippen LogP contribution in [0.25, 0.3) is 6.08 Å². The Kier molecular flexibility index (Phi) is 5.53. The maximum Gasteiger partial charge on any atom is 0.251 e. The third-order valence-electron chi connectivity index (χ3n) is 3.09. The first kappa shape index (κ1) is 14.8. The van der Waals surface area contributed by atoms with Gasteiger partial charge in [0.1, 0.15) is 0 Å². The smallest absolute Gasteiger partial charge is 0.251 e. The summed E-state index contributed by atoms with van der Waals surface area (Å²) in [5.74, 6) is -0.0693. The molecule has 1 atom stereocenters. The van der Waals surface area contributed by atoms with Crippen molar-refractivity contribution in [1.82, 2.24) is 5.32 Å². The molecule has 0 aliphatic carbocycles. The van der Waals surface area contributed by atoms with Crippen molar-refractivity contribution in [2.75, 3.05) is 0 Å². The van der Waals surface area contributed by atoms with Crippen molar-refractivity contribution in [3.63, 3.8) is 0 Å². The maximum atomic E-state index is 12.2. The summed E-state index contributed by atoms with van der Waals surface area (Å²) in [6.07, 6.45) is 6.52. The highest BCUT2D eigenvalue weighted by Crippen LogP contribution is 2.06. The molecule has 0 aliphatic heterocycles. The molecule has 0 bridgehead atoms. The van der Waals surface area contributed by atoms with Crippen LogP contribution in [0, 0.1) is 0 Å². The predicted octanol–water partition coefficient (Wildman–Crippen LogP) is 4.07. The monoisotopic (exact) mass is 277 g/mol. The summed E-state index contributed by atoms with van der Waals surface area (Å²) in [5, 5.41) is 3.01. The molecule has 2 heteroatoms. The first-order valence-electron chi connectivity index (χ1n) is 6.99. The summed E-state index contributed by atoms with van der Waals surface area (Å²) in [5.41, 5.74) is 1.78. The van der Waals surface area contributed by atoms with E-state index in [1.807, 2.05) is 66.8 Å². The van der Waals surface area contributed by atoms with E-state index in [0.717, 1.165) is 5.56 Å². The molecule has 0 fully saturated rings. The summed E-state index contributed by atoms with van der Waals surface area (Å²) in [6, 6.07) is 19.2. The van der Waals surface area contributed by atoms with E-state index < -0.39 is 0 Å². The van der Waals surface area contributed by atoms with E-state index in [1.54, 1.807) is 12.1 Å². The minimum atomic E-state index is -0.0693. The highest BCUT2D eigenvalue weighted by atomic mass is 16.1. The maximum absolute atomic E-state index is 12.2. The molecule has 0 saturated heterocycles. The first-order valence-corrected chi connectivity index (χ1v) is 6.99. The Morgan fingerprint density at radius 1 is 1.05 bits per heavy atom. The minimum Gasteiger partial charge on any atom is -0.346 e. The van der Waals surface area contributed by atoms with E-state index in [2.05, 4.69) is 11.9 Å². The molecule has 0 aliphatic rings. The summed E-state index contributed by atoms with van der Waals surface area (Å²) < 4.78 is 0. The van der Waals surface area contributed by atoms with E-state index >= 15 is 0 Å². The Morgan fingerprint density at radius 3 is 2.29 bits per heavy atom. The van der Waals surface area contributed by atoms with Gasteiger partial charge in [0.05, 0.1) is 6.04 Å². The van der Waals surface area contributed by atoms with Gasteiger partial charge in [0.15, 0.2) is 0 Å². The van der Waals surface area contributed by atoms with Crippen LogP contribution < -0.4 is 5.32 Å². The molecule has 0 saturated carbocycles. The van der Waals surface area contributed by atoms with Gasteiger partial charge in [-0.15, -0.1) is 6.58 Å². The number of rotatable bonds is 6. The fraction of sp³-hybridized carbons (Fsp3) is 0.105. The average Bonchev–Trinajstić information content (AvgIpc) is 2.54. The lowest BCUT2D eigenvalue weighted by atomic mass is 10.1. The van der Waals surface area contributed by atoms with E-state index in [4.69, 9.17) is 0 Å². The first-order chi connectivity index (χ1) is 10.3. The van der Waals surface area contributed by atoms with Crippen LogP contribution in [0.4, 0.5) is 0 Å². The Labute approximate surface area is 125 Å². The van der Waals surface area contributed by atoms with E-state index in [9.17, 15) is 4.79 Å². The summed E-state index contributed by atoms with van der Waals surface area (Å²) in [7, 11) is 0. The van der Waals surface area contributed by atoms with Gasteiger partial charge >= 0.3 is 0 Å². The van der Waals surface area contributed by atoms with E-state index in [1.165, 1.54) is 0 Å². The number of hydrogen-bond donors (Lipinski definition) is 1. The van der Waals surface area contributed by atoms with Gasteiger partial charge in [0.2, 0.25) is 0 Å². The second kappa shape index (κ2) is 7.85. The number of carbonyl (C=O) groups is 1. The summed E-state index contributed by atoms with van der Waals surface area (Å²) >= 11 is 0. The van der Waals surface area contributed by atoms with Gasteiger partial charge in [-0.25, -0.2) is 0 Å². The fourth-order valence-electron chi connectivity index (χ4n) is 2.00. The zero-order valence-electron chi connectivity index (χ0n) is 11.9. The van der Waals surface area contributed by atoms with Gasteiger partial charge in [-0.2, -0.15) is 0 Å². The van der Waals surface area contributed by atoms with Crippen molar-refractivity contribution < 1.29 is 4.79 Å². The van der Waals surface area contributed by atoms with Gasteiger partial charge < -0.3 is 5.32 Å². The van der Waals surface area contributed by atoms with Crippen LogP contribution in [0.2, 0.25) is 0 Å². The van der Waals surface area contributed by atoms with Crippen LogP contribution in [0.1, 0.15) is 22.3 Å². The second-order valence-electron chi connectivity index (χ2n) is 4.74. The number of benzene rings is 2. The number of amides is 1. The SMILES string of the molecule is C=CC[C@H](/C=C/c1ccccc1)NC(=O)c1ccccc1. The average molecular weight is 277 g/mol. The van der Waals surface area contributed by atoms with Crippen molar-refractivity contribution in [2.24, 2.45) is 0 Å². The molecule has 2 aromatic carbocycles. The lowest BCUT2D eigenvalue weighted by Gasteiger charge is -2.13. The van der Waals surface area contributed by atoms with Gasteiger partial charge in [-0.05, 0) is 24.1 Å². The van der Waals surface area contributed by atoms with Crippen LogP contribution in [0.3, 0.4) is 0 Å². The Hall–Kier alpha value is -2.61. The van der Waals surface area contributed by atoms with Gasteiger partial charge in [-0.3, -0.25) is 4.79 Å². The van der Waals surface area contributed by atoms with Gasteiger partial charge in [0.25, 0.3) is 5.91 Å². The van der Waals surface area contributed by atoms with Crippen molar-refractivity contribution in [3.8, 4) is 0 Å². The Balaban J connectivity index is 2.04. The molecular formula is C19H19NO. The number of nitrogens with one attached hydrogen (secondary N) is 1. The molecule has 21 heavy (non-hydrogen) atoms. The quantitative estimate of drug-likeness (QED) is 0.792. The highest BCUT2D eigenvalue weighted by molar-refractivity contribution is 5.94. The lowest BCUT2D eigenvalue weighted by Crippen LogP contribution is -2.32. The normalized spacial score (nSPS) is 12.0. The molecule has 2 rings (SSSR count). The predicted molar refractivity (Wildman–Crippen MR) is 88.0 cm³/mol. The zero-order chi connectivity index (χ0) is 14.9. The van der Waals surface area contributed by atoms with E-state index in [0.29, 0.717) is 12.0 Å². The minimum absolute atomic E-state index is 0.0598. The number of hydrogen-bond acceptors (Lipinski definition) is 1. The molecule has 1 amide bonds. The molecule has 1 N–H and O–H groups in total. The van der Waals surface area contributed by atoms with Crippen molar-refractivity contribution in [3.05, 3.63) is 90.5 Å². The highest BCUT2D eigenvalue weighted by Gasteiger charge is 2.09. The molecule has 0 unspecified atom stereocenters. The van der Waals surface area contributed by atoms with Crippen LogP contribution in [0.5, 0.6) is 0 Å². The molecule has 0 radical (unpaired) electrons. The third-order valence-corrected chi connectivity index (χ3v) is 3.09. The summed E-state index contributed by atoms with van der Waals surface area (Å²) in [4.78, 5) is 12.2. The van der Waals surface area contributed by atoms with Crippen molar-refractivity contribution in [2.45, 2.75) is 12.5 Å². The zero-order valence-corrected chi connectivity index (χ0v) is 11.9. The van der Waals surface area contributed by atoms with Crippen LogP contribution in [0.15, 0.2) is 79.4 Å². The summed E-state index contributed by atoms with van der Waals surface area (Å²) in [6.45, 7) is 3.75. The van der Waals surface area contributed by atoms with Gasteiger partial charge in [0, 0.05) is 5.56 Å². The van der Waals surface area contributed by atoms with E-state index in [-0.39, 0.29) is 11.9 Å². The second-order valence-corrected chi connectivity index (χ2v) is 4.74. The Morgan fingerprint density at radius 2 is 1.67 bits per heavy atom. The molecule has 2 nitrogen and oxygen atoms in total. The van der Waals surface area contributed by atoms with Crippen molar-refractivity contribution >= 4 is 12.0 Å².